The second kappa shape index (κ2) is 13.3. The van der Waals surface area contributed by atoms with Crippen LogP contribution in [-0.2, 0) is 17.8 Å². The number of pyridine rings is 3. The fourth-order valence-electron chi connectivity index (χ4n) is 6.74. The maximum Gasteiger partial charge on any atom is 0.253 e. The summed E-state index contributed by atoms with van der Waals surface area (Å²) in [6.45, 7) is 12.2. The van der Waals surface area contributed by atoms with Crippen LogP contribution in [0.3, 0.4) is 0 Å². The minimum Gasteiger partial charge on any atom is -0.381 e. The van der Waals surface area contributed by atoms with Gasteiger partial charge in [-0.05, 0) is 101 Å². The highest BCUT2D eigenvalue weighted by Crippen LogP contribution is 2.38. The number of rotatable bonds is 9. The Morgan fingerprint density at radius 3 is 2.53 bits per heavy atom. The Hall–Kier alpha value is -3.75. The van der Waals surface area contributed by atoms with Gasteiger partial charge in [0.2, 0.25) is 0 Å². The lowest BCUT2D eigenvalue weighted by Gasteiger charge is -2.36. The van der Waals surface area contributed by atoms with Crippen molar-refractivity contribution in [2.24, 2.45) is 0 Å². The summed E-state index contributed by atoms with van der Waals surface area (Å²) in [5.74, 6) is 0.776. The van der Waals surface area contributed by atoms with E-state index >= 15 is 0 Å². The minimum absolute atomic E-state index is 0.0565. The Labute approximate surface area is 254 Å². The van der Waals surface area contributed by atoms with E-state index in [1.54, 1.807) is 0 Å². The van der Waals surface area contributed by atoms with Crippen LogP contribution in [0.15, 0.2) is 53.6 Å². The fraction of sp³-hybridized carbons (Fsp3) is 0.457. The molecule has 2 aliphatic heterocycles. The van der Waals surface area contributed by atoms with Crippen LogP contribution in [0.1, 0.15) is 61.5 Å². The number of likely N-dealkylation sites (tertiary alicyclic amines) is 1. The van der Waals surface area contributed by atoms with Gasteiger partial charge >= 0.3 is 0 Å². The average Bonchev–Trinajstić information content (AvgIpc) is 3.02. The molecule has 8 nitrogen and oxygen atoms in total. The second-order valence-electron chi connectivity index (χ2n) is 12.1. The molecular weight excluding hydrogens is 536 g/mol. The van der Waals surface area contributed by atoms with E-state index in [0.29, 0.717) is 12.6 Å². The quantitative estimate of drug-likeness (QED) is 0.244. The molecule has 3 aromatic heterocycles. The number of nitrogens with one attached hydrogen (secondary N) is 2. The van der Waals surface area contributed by atoms with Crippen LogP contribution >= 0.6 is 0 Å². The smallest absolute Gasteiger partial charge is 0.253 e. The van der Waals surface area contributed by atoms with Crippen molar-refractivity contribution < 1.29 is 4.74 Å². The molecule has 0 atom stereocenters. The summed E-state index contributed by atoms with van der Waals surface area (Å²) in [6.07, 6.45) is 9.81. The van der Waals surface area contributed by atoms with Crippen molar-refractivity contribution in [2.45, 2.75) is 72.0 Å². The Balaban J connectivity index is 1.38. The van der Waals surface area contributed by atoms with Crippen molar-refractivity contribution in [3.05, 3.63) is 81.7 Å². The van der Waals surface area contributed by atoms with Crippen molar-refractivity contribution >= 4 is 22.3 Å². The van der Waals surface area contributed by atoms with Crippen molar-refractivity contribution in [1.82, 2.24) is 19.9 Å². The molecule has 0 saturated carbocycles. The number of anilines is 2. The summed E-state index contributed by atoms with van der Waals surface area (Å²) in [7, 11) is 0. The first-order valence-electron chi connectivity index (χ1n) is 15.9. The predicted octanol–water partition coefficient (Wildman–Crippen LogP) is 6.21. The molecule has 226 valence electrons. The van der Waals surface area contributed by atoms with Crippen LogP contribution in [0.2, 0.25) is 0 Å². The van der Waals surface area contributed by atoms with Gasteiger partial charge in [0.05, 0.1) is 5.69 Å². The number of piperidine rings is 1. The van der Waals surface area contributed by atoms with Gasteiger partial charge in [-0.3, -0.25) is 14.7 Å². The zero-order valence-electron chi connectivity index (χ0n) is 25.8. The van der Waals surface area contributed by atoms with Crippen LogP contribution in [0.4, 0.5) is 11.5 Å². The number of aryl methyl sites for hydroxylation is 2. The third-order valence-corrected chi connectivity index (χ3v) is 9.06. The van der Waals surface area contributed by atoms with Crippen molar-refractivity contribution in [1.29, 1.82) is 0 Å². The third kappa shape index (κ3) is 6.60. The van der Waals surface area contributed by atoms with Gasteiger partial charge in [0.15, 0.2) is 0 Å². The monoisotopic (exact) mass is 580 g/mol. The SMILES string of the molecule is CCN(c1cc(-c2ccc(CN3CCCCC3)nc2)cc2c(NCc3c(C)cc(C)[nH]c3=O)nccc12)C1CCOCC1. The van der Waals surface area contributed by atoms with Crippen LogP contribution in [-0.4, -0.2) is 58.7 Å². The summed E-state index contributed by atoms with van der Waals surface area (Å²) in [6, 6.07) is 13.5. The van der Waals surface area contributed by atoms with E-state index in [2.05, 4.69) is 57.4 Å². The van der Waals surface area contributed by atoms with Gasteiger partial charge in [0.1, 0.15) is 5.82 Å². The van der Waals surface area contributed by atoms with E-state index in [9.17, 15) is 4.79 Å². The molecule has 0 unspecified atom stereocenters. The highest BCUT2D eigenvalue weighted by atomic mass is 16.5. The lowest BCUT2D eigenvalue weighted by molar-refractivity contribution is 0.0847. The van der Waals surface area contributed by atoms with Crippen molar-refractivity contribution in [3.63, 3.8) is 0 Å². The topological polar surface area (TPSA) is 86.4 Å². The molecule has 2 aliphatic rings. The fourth-order valence-corrected chi connectivity index (χ4v) is 6.74. The number of ether oxygens (including phenoxy) is 1. The highest BCUT2D eigenvalue weighted by Gasteiger charge is 2.24. The molecule has 43 heavy (non-hydrogen) atoms. The molecule has 0 aliphatic carbocycles. The molecule has 0 spiro atoms. The molecule has 2 saturated heterocycles. The van der Waals surface area contributed by atoms with E-state index in [0.717, 1.165) is 102 Å². The van der Waals surface area contributed by atoms with E-state index < -0.39 is 0 Å². The molecule has 6 rings (SSSR count). The van der Waals surface area contributed by atoms with Gasteiger partial charge in [-0.15, -0.1) is 0 Å². The number of fused-ring (bicyclic) bond motifs is 1. The van der Waals surface area contributed by atoms with Gasteiger partial charge in [-0.2, -0.15) is 0 Å². The van der Waals surface area contributed by atoms with Crippen LogP contribution in [0, 0.1) is 13.8 Å². The molecule has 4 aromatic rings. The normalized spacial score (nSPS) is 16.4. The highest BCUT2D eigenvalue weighted by molar-refractivity contribution is 6.03. The minimum atomic E-state index is -0.0565. The number of benzene rings is 1. The maximum absolute atomic E-state index is 12.8. The summed E-state index contributed by atoms with van der Waals surface area (Å²) in [4.78, 5) is 30.4. The summed E-state index contributed by atoms with van der Waals surface area (Å²) in [5, 5.41) is 5.70. The zero-order valence-corrected chi connectivity index (χ0v) is 25.8. The maximum atomic E-state index is 12.8. The lowest BCUT2D eigenvalue weighted by Crippen LogP contribution is -2.39. The number of hydrogen-bond donors (Lipinski definition) is 2. The molecular formula is C35H44N6O2. The van der Waals surface area contributed by atoms with Crippen LogP contribution in [0.25, 0.3) is 21.9 Å². The Morgan fingerprint density at radius 1 is 1.00 bits per heavy atom. The molecule has 8 heteroatoms. The van der Waals surface area contributed by atoms with Crippen molar-refractivity contribution in [3.8, 4) is 11.1 Å². The van der Waals surface area contributed by atoms with Crippen LogP contribution in [0.5, 0.6) is 0 Å². The molecule has 2 N–H and O–H groups in total. The zero-order chi connectivity index (χ0) is 29.8. The number of aromatic amines is 1. The largest absolute Gasteiger partial charge is 0.381 e. The van der Waals surface area contributed by atoms with Gasteiger partial charge in [0.25, 0.3) is 5.56 Å². The standard InChI is InChI=1S/C35H44N6O2/c1-4-41(29-11-16-43-17-12-29)33-20-27(26-8-9-28(37-21-26)23-40-14-6-5-7-15-40)19-31-30(33)10-13-36-34(31)38-22-32-24(2)18-25(3)39-35(32)42/h8-10,13,18-21,29H,4-7,11-12,14-17,22-23H2,1-3H3,(H,36,38)(H,39,42). The Kier molecular flexibility index (Phi) is 9.05. The molecule has 2 fully saturated rings. The molecule has 0 amide bonds. The molecule has 1 aromatic carbocycles. The summed E-state index contributed by atoms with van der Waals surface area (Å²) in [5.41, 5.74) is 7.04. The van der Waals surface area contributed by atoms with E-state index in [1.165, 1.54) is 24.9 Å². The molecule has 0 bridgehead atoms. The molecule has 5 heterocycles. The number of H-pyrrole nitrogens is 1. The van der Waals surface area contributed by atoms with Gasteiger partial charge in [0, 0.05) is 84.6 Å². The Morgan fingerprint density at radius 2 is 1.81 bits per heavy atom. The lowest BCUT2D eigenvalue weighted by atomic mass is 9.98. The number of aromatic nitrogens is 3. The second-order valence-corrected chi connectivity index (χ2v) is 12.1. The first-order chi connectivity index (χ1) is 21.0. The van der Waals surface area contributed by atoms with E-state index in [4.69, 9.17) is 14.7 Å². The first kappa shape index (κ1) is 29.3. The average molecular weight is 581 g/mol. The van der Waals surface area contributed by atoms with Crippen LogP contribution < -0.4 is 15.8 Å². The molecule has 0 radical (unpaired) electrons. The number of nitrogens with zero attached hydrogens (tertiary/aromatic N) is 4. The Bertz CT molecular complexity index is 1600. The summed E-state index contributed by atoms with van der Waals surface area (Å²) < 4.78 is 5.71. The summed E-state index contributed by atoms with van der Waals surface area (Å²) >= 11 is 0. The number of hydrogen-bond acceptors (Lipinski definition) is 7. The van der Waals surface area contributed by atoms with E-state index in [-0.39, 0.29) is 5.56 Å². The predicted molar refractivity (Wildman–Crippen MR) is 175 cm³/mol. The van der Waals surface area contributed by atoms with E-state index in [1.807, 2.05) is 32.3 Å². The van der Waals surface area contributed by atoms with Gasteiger partial charge in [-0.25, -0.2) is 4.98 Å². The first-order valence-corrected chi connectivity index (χ1v) is 15.9. The van der Waals surface area contributed by atoms with Gasteiger partial charge < -0.3 is 19.9 Å². The van der Waals surface area contributed by atoms with Gasteiger partial charge in [-0.1, -0.05) is 12.5 Å². The third-order valence-electron chi connectivity index (χ3n) is 9.06. The van der Waals surface area contributed by atoms with Crippen molar-refractivity contribution in [2.75, 3.05) is 43.1 Å².